The molecule has 1 aromatic heterocycles. The van der Waals surface area contributed by atoms with E-state index in [1.807, 2.05) is 13.2 Å². The summed E-state index contributed by atoms with van der Waals surface area (Å²) in [5.41, 5.74) is 4.48. The summed E-state index contributed by atoms with van der Waals surface area (Å²) in [5.74, 6) is -1.98. The van der Waals surface area contributed by atoms with E-state index in [-0.39, 0.29) is 0 Å². The van der Waals surface area contributed by atoms with Crippen LogP contribution in [0.15, 0.2) is 18.5 Å². The van der Waals surface area contributed by atoms with Crippen molar-refractivity contribution in [2.45, 2.75) is 0 Å². The fourth-order valence-corrected chi connectivity index (χ4v) is 1.31. The van der Waals surface area contributed by atoms with Crippen molar-refractivity contribution >= 4 is 5.57 Å². The molecule has 14 heavy (non-hydrogen) atoms. The molecule has 1 aromatic rings. The Labute approximate surface area is 80.0 Å². The second-order valence-electron chi connectivity index (χ2n) is 3.10. The molecule has 2 heterocycles. The van der Waals surface area contributed by atoms with Gasteiger partial charge in [0, 0.05) is 31.6 Å². The van der Waals surface area contributed by atoms with E-state index in [0.29, 0.717) is 12.1 Å². The fraction of sp³-hybridized carbons (Fsp3) is 0.222. The van der Waals surface area contributed by atoms with Gasteiger partial charge in [0.05, 0.1) is 0 Å². The number of halogens is 2. The van der Waals surface area contributed by atoms with Crippen molar-refractivity contribution in [2.75, 3.05) is 13.6 Å². The van der Waals surface area contributed by atoms with Gasteiger partial charge in [-0.05, 0) is 11.6 Å². The Balaban J connectivity index is 2.34. The number of nitrogens with one attached hydrogen (secondary N) is 1. The SMILES string of the molecule is CN1C=C(c2cnc(F)c(F)c2)CN1. The van der Waals surface area contributed by atoms with Crippen molar-refractivity contribution in [3.05, 3.63) is 35.8 Å². The number of hydrazine groups is 1. The van der Waals surface area contributed by atoms with Crippen molar-refractivity contribution < 1.29 is 8.78 Å². The van der Waals surface area contributed by atoms with Crippen molar-refractivity contribution in [1.82, 2.24) is 15.4 Å². The Bertz CT molecular complexity index is 390. The molecule has 3 nitrogen and oxygen atoms in total. The van der Waals surface area contributed by atoms with Crippen LogP contribution in [0.3, 0.4) is 0 Å². The number of nitrogens with zero attached hydrogens (tertiary/aromatic N) is 2. The Hall–Kier alpha value is -1.49. The highest BCUT2D eigenvalue weighted by atomic mass is 19.2. The topological polar surface area (TPSA) is 28.2 Å². The number of hydrogen-bond acceptors (Lipinski definition) is 3. The zero-order chi connectivity index (χ0) is 10.1. The van der Waals surface area contributed by atoms with Crippen LogP contribution in [0.2, 0.25) is 0 Å². The largest absolute Gasteiger partial charge is 0.318 e. The minimum absolute atomic E-state index is 0.598. The van der Waals surface area contributed by atoms with E-state index < -0.39 is 11.8 Å². The second kappa shape index (κ2) is 3.34. The first kappa shape index (κ1) is 9.08. The summed E-state index contributed by atoms with van der Waals surface area (Å²) in [6.07, 6.45) is 3.14. The van der Waals surface area contributed by atoms with Crippen LogP contribution in [-0.2, 0) is 0 Å². The first-order valence-electron chi connectivity index (χ1n) is 4.15. The molecular formula is C9H9F2N3. The molecular weight excluding hydrogens is 188 g/mol. The third kappa shape index (κ3) is 1.58. The van der Waals surface area contributed by atoms with Crippen LogP contribution < -0.4 is 5.43 Å². The molecule has 0 bridgehead atoms. The Kier molecular flexibility index (Phi) is 2.17. The lowest BCUT2D eigenvalue weighted by molar-refractivity contribution is 0.374. The third-order valence-corrected chi connectivity index (χ3v) is 2.04. The van der Waals surface area contributed by atoms with Gasteiger partial charge in [-0.2, -0.15) is 4.39 Å². The second-order valence-corrected chi connectivity index (χ2v) is 3.10. The van der Waals surface area contributed by atoms with Crippen LogP contribution in [0.4, 0.5) is 8.78 Å². The van der Waals surface area contributed by atoms with Gasteiger partial charge in [0.15, 0.2) is 5.82 Å². The van der Waals surface area contributed by atoms with Gasteiger partial charge in [0.1, 0.15) is 0 Å². The van der Waals surface area contributed by atoms with E-state index in [9.17, 15) is 8.78 Å². The molecule has 74 valence electrons. The van der Waals surface area contributed by atoms with Gasteiger partial charge in [-0.3, -0.25) is 0 Å². The molecule has 0 fully saturated rings. The van der Waals surface area contributed by atoms with E-state index in [4.69, 9.17) is 0 Å². The smallest absolute Gasteiger partial charge is 0.248 e. The van der Waals surface area contributed by atoms with Gasteiger partial charge >= 0.3 is 0 Å². The number of pyridine rings is 1. The summed E-state index contributed by atoms with van der Waals surface area (Å²) >= 11 is 0. The first-order valence-corrected chi connectivity index (χ1v) is 4.15. The molecule has 0 atom stereocenters. The highest BCUT2D eigenvalue weighted by molar-refractivity contribution is 5.67. The normalized spacial score (nSPS) is 15.9. The van der Waals surface area contributed by atoms with Crippen molar-refractivity contribution in [3.63, 3.8) is 0 Å². The van der Waals surface area contributed by atoms with Crippen molar-refractivity contribution in [2.24, 2.45) is 0 Å². The Morgan fingerprint density at radius 1 is 1.50 bits per heavy atom. The summed E-state index contributed by atoms with van der Waals surface area (Å²) in [6.45, 7) is 0.600. The van der Waals surface area contributed by atoms with Crippen LogP contribution in [0.25, 0.3) is 5.57 Å². The van der Waals surface area contributed by atoms with E-state index in [1.165, 1.54) is 6.20 Å². The molecule has 0 aliphatic carbocycles. The average molecular weight is 197 g/mol. The number of aromatic nitrogens is 1. The van der Waals surface area contributed by atoms with E-state index in [2.05, 4.69) is 10.4 Å². The van der Waals surface area contributed by atoms with Crippen LogP contribution in [0, 0.1) is 11.8 Å². The molecule has 5 heteroatoms. The number of rotatable bonds is 1. The maximum Gasteiger partial charge on any atom is 0.248 e. The lowest BCUT2D eigenvalue weighted by atomic mass is 10.1. The summed E-state index contributed by atoms with van der Waals surface area (Å²) < 4.78 is 25.4. The first-order chi connectivity index (χ1) is 6.66. The van der Waals surface area contributed by atoms with Crippen LogP contribution in [0.1, 0.15) is 5.56 Å². The Morgan fingerprint density at radius 3 is 2.86 bits per heavy atom. The zero-order valence-corrected chi connectivity index (χ0v) is 7.59. The highest BCUT2D eigenvalue weighted by Gasteiger charge is 2.12. The predicted octanol–water partition coefficient (Wildman–Crippen LogP) is 1.15. The minimum atomic E-state index is -1.06. The molecule has 0 amide bonds. The maximum absolute atomic E-state index is 12.8. The van der Waals surface area contributed by atoms with Crippen LogP contribution in [-0.4, -0.2) is 23.6 Å². The fourth-order valence-electron chi connectivity index (χ4n) is 1.31. The minimum Gasteiger partial charge on any atom is -0.318 e. The average Bonchev–Trinajstić information content (AvgIpc) is 2.57. The molecule has 0 aromatic carbocycles. The van der Waals surface area contributed by atoms with E-state index >= 15 is 0 Å². The predicted molar refractivity (Wildman–Crippen MR) is 47.9 cm³/mol. The third-order valence-electron chi connectivity index (χ3n) is 2.04. The standard InChI is InChI=1S/C9H9F2N3/c1-14-5-7(4-13-14)6-2-8(10)9(11)12-3-6/h2-3,5,13H,4H2,1H3. The molecule has 0 spiro atoms. The molecule has 1 aliphatic heterocycles. The van der Waals surface area contributed by atoms with Gasteiger partial charge in [-0.1, -0.05) is 0 Å². The molecule has 1 aliphatic rings. The molecule has 0 saturated carbocycles. The van der Waals surface area contributed by atoms with Crippen LogP contribution >= 0.6 is 0 Å². The molecule has 2 rings (SSSR count). The zero-order valence-electron chi connectivity index (χ0n) is 7.59. The highest BCUT2D eigenvalue weighted by Crippen LogP contribution is 2.18. The van der Waals surface area contributed by atoms with Crippen molar-refractivity contribution in [3.8, 4) is 0 Å². The molecule has 0 saturated heterocycles. The molecule has 0 unspecified atom stereocenters. The quantitative estimate of drug-likeness (QED) is 0.684. The summed E-state index contributed by atoms with van der Waals surface area (Å²) in [5, 5.41) is 1.76. The summed E-state index contributed by atoms with van der Waals surface area (Å²) in [6, 6.07) is 1.15. The van der Waals surface area contributed by atoms with Gasteiger partial charge in [-0.25, -0.2) is 14.8 Å². The van der Waals surface area contributed by atoms with Crippen LogP contribution in [0.5, 0.6) is 0 Å². The van der Waals surface area contributed by atoms with Gasteiger partial charge in [0.25, 0.3) is 0 Å². The van der Waals surface area contributed by atoms with E-state index in [1.54, 1.807) is 5.01 Å². The summed E-state index contributed by atoms with van der Waals surface area (Å²) in [4.78, 5) is 3.32. The monoisotopic (exact) mass is 197 g/mol. The van der Waals surface area contributed by atoms with Gasteiger partial charge in [-0.15, -0.1) is 0 Å². The number of hydrogen-bond donors (Lipinski definition) is 1. The van der Waals surface area contributed by atoms with Crippen molar-refractivity contribution in [1.29, 1.82) is 0 Å². The van der Waals surface area contributed by atoms with E-state index in [0.717, 1.165) is 11.6 Å². The molecule has 0 radical (unpaired) electrons. The van der Waals surface area contributed by atoms with Gasteiger partial charge < -0.3 is 5.01 Å². The lowest BCUT2D eigenvalue weighted by Crippen LogP contribution is -2.23. The summed E-state index contributed by atoms with van der Waals surface area (Å²) in [7, 11) is 1.83. The lowest BCUT2D eigenvalue weighted by Gasteiger charge is -2.04. The van der Waals surface area contributed by atoms with Gasteiger partial charge in [0.2, 0.25) is 5.95 Å². The Morgan fingerprint density at radius 2 is 2.29 bits per heavy atom. The maximum atomic E-state index is 12.8. The molecule has 1 N–H and O–H groups in total.